The van der Waals surface area contributed by atoms with Crippen LogP contribution in [0.2, 0.25) is 0 Å². The Morgan fingerprint density at radius 1 is 1.16 bits per heavy atom. The third kappa shape index (κ3) is 4.81. The van der Waals surface area contributed by atoms with Gasteiger partial charge in [-0.3, -0.25) is 9.78 Å². The Morgan fingerprint density at radius 2 is 1.89 bits per heavy atom. The Hall–Kier alpha value is -3.28. The van der Waals surface area contributed by atoms with Crippen LogP contribution in [0.5, 0.6) is 0 Å². The van der Waals surface area contributed by atoms with Crippen LogP contribution >= 0.6 is 0 Å². The summed E-state index contributed by atoms with van der Waals surface area (Å²) < 4.78 is 63.3. The molecule has 2 saturated heterocycles. The largest absolute Gasteiger partial charge is 0.376 e. The second kappa shape index (κ2) is 10.1. The number of amides is 1. The zero-order chi connectivity index (χ0) is 27.1. The maximum absolute atomic E-state index is 15.5. The van der Waals surface area contributed by atoms with Crippen molar-refractivity contribution in [3.05, 3.63) is 94.6 Å². The number of halogens is 2. The molecule has 0 saturated carbocycles. The third-order valence-corrected chi connectivity index (χ3v) is 9.93. The summed E-state index contributed by atoms with van der Waals surface area (Å²) in [5, 5.41) is 4.20. The van der Waals surface area contributed by atoms with Crippen molar-refractivity contribution in [2.24, 2.45) is 0 Å². The van der Waals surface area contributed by atoms with Crippen LogP contribution in [0.1, 0.15) is 45.0 Å². The van der Waals surface area contributed by atoms with Gasteiger partial charge in [0.1, 0.15) is 22.9 Å². The molecule has 0 aliphatic carbocycles. The first kappa shape index (κ1) is 26.3. The standard InChI is InChI=1S/C27H28F2N4O4S/c1-16-11-30-12-23(32-16)26(34)33-27(14-37-15-27)20-10-21(28)19(8-22(20)29)9-24-17(2)31-13-25(38(24,35)36)18-6-4-3-5-7-18/h3-8,10-12,17,24-25,31H,9,13-15H2,1-2H3,(H,33,34)/t17-,24?,25-/m0/s1. The van der Waals surface area contributed by atoms with E-state index in [4.69, 9.17) is 4.74 Å². The predicted molar refractivity (Wildman–Crippen MR) is 136 cm³/mol. The summed E-state index contributed by atoms with van der Waals surface area (Å²) in [5.74, 6) is -2.09. The number of carbonyl (C=O) groups excluding carboxylic acids is 1. The van der Waals surface area contributed by atoms with E-state index in [1.807, 2.05) is 6.07 Å². The molecule has 38 heavy (non-hydrogen) atoms. The van der Waals surface area contributed by atoms with Crippen LogP contribution in [-0.4, -0.2) is 55.3 Å². The van der Waals surface area contributed by atoms with Gasteiger partial charge in [0.05, 0.1) is 35.6 Å². The molecule has 3 aromatic rings. The number of aromatic nitrogens is 2. The number of nitrogens with one attached hydrogen (secondary N) is 2. The molecule has 1 amide bonds. The van der Waals surface area contributed by atoms with E-state index >= 15 is 8.78 Å². The molecular formula is C27H28F2N4O4S. The fourth-order valence-corrected chi connectivity index (χ4v) is 7.45. The zero-order valence-electron chi connectivity index (χ0n) is 20.9. The highest BCUT2D eigenvalue weighted by Gasteiger charge is 2.46. The van der Waals surface area contributed by atoms with Gasteiger partial charge in [0, 0.05) is 24.3 Å². The van der Waals surface area contributed by atoms with Crippen LogP contribution in [0.15, 0.2) is 54.9 Å². The number of benzene rings is 2. The summed E-state index contributed by atoms with van der Waals surface area (Å²) in [6.45, 7) is 3.56. The molecule has 1 unspecified atom stereocenters. The van der Waals surface area contributed by atoms with Crippen LogP contribution in [-0.2, 0) is 26.5 Å². The second-order valence-electron chi connectivity index (χ2n) is 9.93. The van der Waals surface area contributed by atoms with E-state index in [9.17, 15) is 13.2 Å². The molecule has 2 aromatic carbocycles. The van der Waals surface area contributed by atoms with Gasteiger partial charge in [-0.15, -0.1) is 0 Å². The van der Waals surface area contributed by atoms with Crippen LogP contribution in [0.25, 0.3) is 0 Å². The van der Waals surface area contributed by atoms with Crippen LogP contribution in [0.3, 0.4) is 0 Å². The van der Waals surface area contributed by atoms with Gasteiger partial charge in [-0.2, -0.15) is 0 Å². The monoisotopic (exact) mass is 542 g/mol. The topological polar surface area (TPSA) is 110 Å². The number of hydrogen-bond donors (Lipinski definition) is 2. The molecule has 2 aliphatic rings. The second-order valence-corrected chi connectivity index (χ2v) is 12.3. The van der Waals surface area contributed by atoms with E-state index in [1.165, 1.54) is 12.4 Å². The minimum absolute atomic E-state index is 0.0470. The smallest absolute Gasteiger partial charge is 0.272 e. The van der Waals surface area contributed by atoms with E-state index in [0.717, 1.165) is 12.1 Å². The number of carbonyl (C=O) groups is 1. The van der Waals surface area contributed by atoms with Crippen molar-refractivity contribution in [1.82, 2.24) is 20.6 Å². The van der Waals surface area contributed by atoms with Crippen molar-refractivity contribution in [2.75, 3.05) is 19.8 Å². The number of ether oxygens (including phenoxy) is 1. The van der Waals surface area contributed by atoms with E-state index < -0.39 is 49.5 Å². The lowest BCUT2D eigenvalue weighted by molar-refractivity contribution is -0.0751. The lowest BCUT2D eigenvalue weighted by atomic mass is 9.86. The first-order valence-electron chi connectivity index (χ1n) is 12.3. The molecule has 2 fully saturated rings. The summed E-state index contributed by atoms with van der Waals surface area (Å²) in [5.41, 5.74) is -0.164. The van der Waals surface area contributed by atoms with E-state index in [0.29, 0.717) is 11.3 Å². The van der Waals surface area contributed by atoms with Gasteiger partial charge in [-0.25, -0.2) is 22.2 Å². The summed E-state index contributed by atoms with van der Waals surface area (Å²) >= 11 is 0. The molecule has 3 atom stereocenters. The highest BCUT2D eigenvalue weighted by molar-refractivity contribution is 7.92. The van der Waals surface area contributed by atoms with Crippen LogP contribution in [0.4, 0.5) is 8.78 Å². The summed E-state index contributed by atoms with van der Waals surface area (Å²) in [7, 11) is -3.72. The van der Waals surface area contributed by atoms with Gasteiger partial charge in [-0.05, 0) is 43.5 Å². The van der Waals surface area contributed by atoms with Gasteiger partial charge >= 0.3 is 0 Å². The Balaban J connectivity index is 1.41. The maximum atomic E-state index is 15.5. The Bertz CT molecular complexity index is 1470. The van der Waals surface area contributed by atoms with Crippen molar-refractivity contribution in [2.45, 2.75) is 42.3 Å². The van der Waals surface area contributed by atoms with Gasteiger partial charge in [-0.1, -0.05) is 30.3 Å². The van der Waals surface area contributed by atoms with Crippen LogP contribution < -0.4 is 10.6 Å². The quantitative estimate of drug-likeness (QED) is 0.493. The minimum atomic E-state index is -3.72. The highest BCUT2D eigenvalue weighted by Crippen LogP contribution is 2.36. The summed E-state index contributed by atoms with van der Waals surface area (Å²) in [4.78, 5) is 20.9. The normalized spacial score (nSPS) is 23.8. The van der Waals surface area contributed by atoms with Gasteiger partial charge < -0.3 is 15.4 Å². The highest BCUT2D eigenvalue weighted by atomic mass is 32.2. The molecule has 3 heterocycles. The Kier molecular flexibility index (Phi) is 7.01. The number of hydrogen-bond acceptors (Lipinski definition) is 7. The van der Waals surface area contributed by atoms with Crippen molar-refractivity contribution in [1.29, 1.82) is 0 Å². The van der Waals surface area contributed by atoms with Crippen molar-refractivity contribution < 1.29 is 26.7 Å². The van der Waals surface area contributed by atoms with Gasteiger partial charge in [0.25, 0.3) is 5.91 Å². The van der Waals surface area contributed by atoms with Crippen molar-refractivity contribution >= 4 is 15.7 Å². The third-order valence-electron chi connectivity index (χ3n) is 7.28. The average molecular weight is 543 g/mol. The van der Waals surface area contributed by atoms with E-state index in [2.05, 4.69) is 20.6 Å². The fraction of sp³-hybridized carbons (Fsp3) is 0.370. The number of nitrogens with zero attached hydrogens (tertiary/aromatic N) is 2. The number of rotatable bonds is 6. The lowest BCUT2D eigenvalue weighted by Crippen LogP contribution is -2.60. The first-order valence-corrected chi connectivity index (χ1v) is 13.9. The summed E-state index contributed by atoms with van der Waals surface area (Å²) in [6, 6.07) is 10.5. The molecule has 0 spiro atoms. The minimum Gasteiger partial charge on any atom is -0.376 e. The maximum Gasteiger partial charge on any atom is 0.272 e. The molecule has 2 N–H and O–H groups in total. The Labute approximate surface area is 219 Å². The first-order chi connectivity index (χ1) is 18.1. The van der Waals surface area contributed by atoms with E-state index in [-0.39, 0.29) is 43.0 Å². The zero-order valence-corrected chi connectivity index (χ0v) is 21.8. The number of sulfone groups is 1. The molecule has 1 aromatic heterocycles. The van der Waals surface area contributed by atoms with E-state index in [1.54, 1.807) is 38.1 Å². The fourth-order valence-electron chi connectivity index (χ4n) is 5.09. The molecular weight excluding hydrogens is 514 g/mol. The molecule has 0 radical (unpaired) electrons. The number of aryl methyl sites for hydroxylation is 1. The average Bonchev–Trinajstić information content (AvgIpc) is 2.86. The summed E-state index contributed by atoms with van der Waals surface area (Å²) in [6.07, 6.45) is 2.59. The van der Waals surface area contributed by atoms with Gasteiger partial charge in [0.15, 0.2) is 9.84 Å². The van der Waals surface area contributed by atoms with Crippen LogP contribution in [0, 0.1) is 18.6 Å². The Morgan fingerprint density at radius 3 is 2.55 bits per heavy atom. The van der Waals surface area contributed by atoms with Crippen molar-refractivity contribution in [3.8, 4) is 0 Å². The molecule has 0 bridgehead atoms. The van der Waals surface area contributed by atoms with Crippen molar-refractivity contribution in [3.63, 3.8) is 0 Å². The molecule has 200 valence electrons. The molecule has 2 aliphatic heterocycles. The SMILES string of the molecule is Cc1cncc(C(=O)NC2(c3cc(F)c(CC4[C@H](C)NC[C@@H](c5ccccc5)S4(=O)=O)cc3F)COC2)n1. The molecule has 11 heteroatoms. The molecule has 5 rings (SSSR count). The van der Waals surface area contributed by atoms with Gasteiger partial charge in [0.2, 0.25) is 0 Å². The predicted octanol–water partition coefficient (Wildman–Crippen LogP) is 2.78. The molecule has 8 nitrogen and oxygen atoms in total. The lowest BCUT2D eigenvalue weighted by Gasteiger charge is -2.42.